The Kier molecular flexibility index (Phi) is 7.97. The molecule has 0 aliphatic heterocycles. The lowest BCUT2D eigenvalue weighted by atomic mass is 10.0. The summed E-state index contributed by atoms with van der Waals surface area (Å²) in [4.78, 5) is 36.4. The molecular formula is C22H29ClN4O4. The van der Waals surface area contributed by atoms with Gasteiger partial charge in [-0.15, -0.1) is 11.6 Å². The summed E-state index contributed by atoms with van der Waals surface area (Å²) in [5.74, 6) is -0.609. The van der Waals surface area contributed by atoms with E-state index in [9.17, 15) is 14.4 Å². The molecule has 9 heteroatoms. The molecule has 8 nitrogen and oxygen atoms in total. The zero-order chi connectivity index (χ0) is 23.2. The molecule has 1 unspecified atom stereocenters. The maximum Gasteiger partial charge on any atom is 0.409 e. The molecule has 31 heavy (non-hydrogen) atoms. The van der Waals surface area contributed by atoms with Crippen LogP contribution >= 0.6 is 11.6 Å². The molecular weight excluding hydrogens is 420 g/mol. The maximum atomic E-state index is 12.6. The van der Waals surface area contributed by atoms with Gasteiger partial charge in [-0.3, -0.25) is 20.2 Å². The van der Waals surface area contributed by atoms with Crippen molar-refractivity contribution in [2.75, 3.05) is 5.88 Å². The Morgan fingerprint density at radius 1 is 1.13 bits per heavy atom. The number of hydrogen-bond acceptors (Lipinski definition) is 6. The molecule has 1 atom stereocenters. The second-order valence-electron chi connectivity index (χ2n) is 8.17. The minimum absolute atomic E-state index is 0.179. The molecule has 0 aliphatic rings. The number of alkyl halides is 1. The number of aromatic nitrogens is 2. The first-order valence-electron chi connectivity index (χ1n) is 9.99. The minimum Gasteiger partial charge on any atom is -0.444 e. The number of ketones is 1. The molecule has 2 N–H and O–H groups in total. The van der Waals surface area contributed by atoms with Crippen LogP contribution in [0.4, 0.5) is 4.79 Å². The average molecular weight is 449 g/mol. The first kappa shape index (κ1) is 24.6. The first-order valence-corrected chi connectivity index (χ1v) is 10.5. The summed E-state index contributed by atoms with van der Waals surface area (Å²) in [6, 6.07) is 10.7. The van der Waals surface area contributed by atoms with E-state index in [2.05, 4.69) is 15.7 Å². The number of nitrogens with zero attached hydrogens (tertiary/aromatic N) is 2. The second kappa shape index (κ2) is 10.1. The van der Waals surface area contributed by atoms with Gasteiger partial charge in [0, 0.05) is 25.2 Å². The van der Waals surface area contributed by atoms with Gasteiger partial charge in [0.1, 0.15) is 5.60 Å². The number of ether oxygens (including phenoxy) is 1. The molecule has 0 saturated carbocycles. The Labute approximate surface area is 186 Å². The quantitative estimate of drug-likeness (QED) is 0.475. The number of carbonyl (C=O) groups excluding carboxylic acids is 2. The number of aryl methyl sites for hydroxylation is 1. The highest BCUT2D eigenvalue weighted by Crippen LogP contribution is 2.18. The number of alkyl carbamates (subject to hydrolysis) is 1. The second-order valence-corrected chi connectivity index (χ2v) is 8.44. The van der Waals surface area contributed by atoms with Gasteiger partial charge in [0.15, 0.2) is 11.4 Å². The van der Waals surface area contributed by atoms with Crippen LogP contribution in [0.25, 0.3) is 11.3 Å². The van der Waals surface area contributed by atoms with Crippen LogP contribution in [0.1, 0.15) is 39.7 Å². The molecule has 1 amide bonds. The lowest BCUT2D eigenvalue weighted by Crippen LogP contribution is -2.64. The fourth-order valence-electron chi connectivity index (χ4n) is 2.92. The average Bonchev–Trinajstić information content (AvgIpc) is 2.71. The fraction of sp³-hybridized carbons (Fsp3) is 0.455. The number of halogens is 1. The van der Waals surface area contributed by atoms with Crippen molar-refractivity contribution < 1.29 is 14.3 Å². The smallest absolute Gasteiger partial charge is 0.409 e. The molecule has 0 radical (unpaired) electrons. The Hall–Kier alpha value is -2.71. The highest BCUT2D eigenvalue weighted by Gasteiger charge is 2.38. The first-order chi connectivity index (χ1) is 14.5. The monoisotopic (exact) mass is 448 g/mol. The Bertz CT molecular complexity index is 982. The fourth-order valence-corrected chi connectivity index (χ4v) is 3.15. The summed E-state index contributed by atoms with van der Waals surface area (Å²) in [6.45, 7) is 7.34. The zero-order valence-corrected chi connectivity index (χ0v) is 19.2. The minimum atomic E-state index is -1.35. The molecule has 0 fully saturated rings. The van der Waals surface area contributed by atoms with Crippen molar-refractivity contribution in [1.82, 2.24) is 20.4 Å². The van der Waals surface area contributed by atoms with Crippen LogP contribution < -0.4 is 16.2 Å². The summed E-state index contributed by atoms with van der Waals surface area (Å²) in [5, 5.41) is 10.0. The summed E-state index contributed by atoms with van der Waals surface area (Å²) < 4.78 is 6.59. The van der Waals surface area contributed by atoms with Crippen molar-refractivity contribution in [2.45, 2.75) is 51.9 Å². The summed E-state index contributed by atoms with van der Waals surface area (Å²) in [6.07, 6.45) is -0.408. The van der Waals surface area contributed by atoms with Gasteiger partial charge in [0.05, 0.1) is 11.6 Å². The van der Waals surface area contributed by atoms with E-state index in [-0.39, 0.29) is 23.6 Å². The Balaban J connectivity index is 2.16. The molecule has 2 rings (SSSR count). The molecule has 0 bridgehead atoms. The van der Waals surface area contributed by atoms with Gasteiger partial charge in [-0.05, 0) is 38.8 Å². The number of amides is 1. The largest absolute Gasteiger partial charge is 0.444 e. The van der Waals surface area contributed by atoms with E-state index in [0.29, 0.717) is 12.2 Å². The van der Waals surface area contributed by atoms with Crippen molar-refractivity contribution in [2.24, 2.45) is 7.05 Å². The van der Waals surface area contributed by atoms with Crippen LogP contribution in [0, 0.1) is 0 Å². The number of rotatable bonds is 8. The topological polar surface area (TPSA) is 102 Å². The molecule has 168 valence electrons. The standard InChI is InChI=1S/C22H29ClN4O4/c1-6-22(18(28)13-23,25-20(30)31-21(2,3)4)24-14-15-7-9-16(10-8-15)17-11-12-19(29)27(5)26-17/h7-12,24H,6,13-14H2,1-5H3,(H,25,30). The Morgan fingerprint density at radius 2 is 1.77 bits per heavy atom. The Morgan fingerprint density at radius 3 is 2.29 bits per heavy atom. The highest BCUT2D eigenvalue weighted by molar-refractivity contribution is 6.29. The molecule has 1 heterocycles. The van der Waals surface area contributed by atoms with Gasteiger partial charge in [0.25, 0.3) is 5.56 Å². The molecule has 0 saturated heterocycles. The number of hydrogen-bond donors (Lipinski definition) is 2. The lowest BCUT2D eigenvalue weighted by Gasteiger charge is -2.34. The summed E-state index contributed by atoms with van der Waals surface area (Å²) in [5.41, 5.74) is 0.195. The normalized spacial score (nSPS) is 13.4. The van der Waals surface area contributed by atoms with Crippen molar-refractivity contribution in [3.63, 3.8) is 0 Å². The third kappa shape index (κ3) is 6.63. The van der Waals surface area contributed by atoms with Gasteiger partial charge in [0.2, 0.25) is 0 Å². The van der Waals surface area contributed by atoms with E-state index in [1.165, 1.54) is 10.7 Å². The number of Topliss-reactive ketones (excluding diaryl/α,β-unsaturated/α-hetero) is 1. The zero-order valence-electron chi connectivity index (χ0n) is 18.5. The third-order valence-corrected chi connectivity index (χ3v) is 4.89. The van der Waals surface area contributed by atoms with Crippen LogP contribution in [0.3, 0.4) is 0 Å². The molecule has 1 aromatic carbocycles. The number of nitrogens with one attached hydrogen (secondary N) is 2. The molecule has 2 aromatic rings. The summed E-state index contributed by atoms with van der Waals surface area (Å²) in [7, 11) is 1.60. The SMILES string of the molecule is CCC(NCc1ccc(-c2ccc(=O)n(C)n2)cc1)(NC(=O)OC(C)(C)C)C(=O)CCl. The van der Waals surface area contributed by atoms with Crippen LogP contribution in [0.15, 0.2) is 41.2 Å². The van der Waals surface area contributed by atoms with Crippen LogP contribution in [0.2, 0.25) is 0 Å². The van der Waals surface area contributed by atoms with Crippen LogP contribution in [-0.2, 0) is 23.1 Å². The van der Waals surface area contributed by atoms with Gasteiger partial charge >= 0.3 is 6.09 Å². The third-order valence-electron chi connectivity index (χ3n) is 4.65. The molecule has 0 aliphatic carbocycles. The van der Waals surface area contributed by atoms with E-state index < -0.39 is 17.4 Å². The highest BCUT2D eigenvalue weighted by atomic mass is 35.5. The van der Waals surface area contributed by atoms with E-state index in [1.807, 2.05) is 24.3 Å². The van der Waals surface area contributed by atoms with Crippen molar-refractivity contribution in [1.29, 1.82) is 0 Å². The predicted molar refractivity (Wildman–Crippen MR) is 120 cm³/mol. The lowest BCUT2D eigenvalue weighted by molar-refractivity contribution is -0.124. The van der Waals surface area contributed by atoms with Crippen molar-refractivity contribution in [3.8, 4) is 11.3 Å². The van der Waals surface area contributed by atoms with Gasteiger partial charge < -0.3 is 4.74 Å². The number of benzene rings is 1. The van der Waals surface area contributed by atoms with Crippen LogP contribution in [-0.4, -0.2) is 38.8 Å². The van der Waals surface area contributed by atoms with E-state index in [1.54, 1.807) is 40.8 Å². The molecule has 0 spiro atoms. The number of carbonyl (C=O) groups is 2. The van der Waals surface area contributed by atoms with E-state index in [0.717, 1.165) is 11.1 Å². The van der Waals surface area contributed by atoms with Gasteiger partial charge in [-0.2, -0.15) is 5.10 Å². The van der Waals surface area contributed by atoms with E-state index in [4.69, 9.17) is 16.3 Å². The van der Waals surface area contributed by atoms with E-state index >= 15 is 0 Å². The van der Waals surface area contributed by atoms with Crippen molar-refractivity contribution in [3.05, 3.63) is 52.3 Å². The van der Waals surface area contributed by atoms with Crippen molar-refractivity contribution >= 4 is 23.5 Å². The van der Waals surface area contributed by atoms with Gasteiger partial charge in [-0.25, -0.2) is 9.48 Å². The summed E-state index contributed by atoms with van der Waals surface area (Å²) >= 11 is 5.81. The van der Waals surface area contributed by atoms with Gasteiger partial charge in [-0.1, -0.05) is 31.2 Å². The maximum absolute atomic E-state index is 12.6. The van der Waals surface area contributed by atoms with Crippen LogP contribution in [0.5, 0.6) is 0 Å². The predicted octanol–water partition coefficient (Wildman–Crippen LogP) is 2.98. The molecule has 1 aromatic heterocycles.